The minimum Gasteiger partial charge on any atom is -0.481 e. The van der Waals surface area contributed by atoms with Crippen LogP contribution in [-0.2, 0) is 4.74 Å². The van der Waals surface area contributed by atoms with Crippen molar-refractivity contribution < 1.29 is 19.3 Å². The lowest BCUT2D eigenvalue weighted by molar-refractivity contribution is 0.153. The fourth-order valence-corrected chi connectivity index (χ4v) is 1.20. The summed E-state index contributed by atoms with van der Waals surface area (Å²) in [7, 11) is 4.56. The van der Waals surface area contributed by atoms with E-state index in [2.05, 4.69) is 15.3 Å². The van der Waals surface area contributed by atoms with Crippen molar-refractivity contribution in [3.05, 3.63) is 6.07 Å². The summed E-state index contributed by atoms with van der Waals surface area (Å²) in [5.41, 5.74) is 0. The quantitative estimate of drug-likeness (QED) is 0.692. The van der Waals surface area contributed by atoms with E-state index in [4.69, 9.17) is 19.3 Å². The molecule has 0 radical (unpaired) electrons. The van der Waals surface area contributed by atoms with Crippen LogP contribution in [0.4, 0.5) is 5.95 Å². The lowest BCUT2D eigenvalue weighted by Crippen LogP contribution is -2.29. The molecule has 1 unspecified atom stereocenters. The number of anilines is 1. The van der Waals surface area contributed by atoms with Crippen LogP contribution in [0.3, 0.4) is 0 Å². The first-order valence-corrected chi connectivity index (χ1v) is 5.06. The van der Waals surface area contributed by atoms with E-state index in [0.717, 1.165) is 0 Å². The van der Waals surface area contributed by atoms with Crippen LogP contribution in [0.2, 0.25) is 0 Å². The Morgan fingerprint density at radius 1 is 1.24 bits per heavy atom. The molecule has 0 spiro atoms. The molecule has 2 N–H and O–H groups in total. The fraction of sp³-hybridized carbons (Fsp3) is 0.600. The molecule has 1 heterocycles. The van der Waals surface area contributed by atoms with Crippen LogP contribution in [0, 0.1) is 0 Å². The number of hydrogen-bond acceptors (Lipinski definition) is 7. The summed E-state index contributed by atoms with van der Waals surface area (Å²) in [6.45, 7) is 0.260. The maximum absolute atomic E-state index is 9.11. The summed E-state index contributed by atoms with van der Waals surface area (Å²) in [4.78, 5) is 8.16. The summed E-state index contributed by atoms with van der Waals surface area (Å²) < 4.78 is 15.0. The molecule has 0 aliphatic heterocycles. The molecule has 0 amide bonds. The highest BCUT2D eigenvalue weighted by atomic mass is 16.5. The van der Waals surface area contributed by atoms with E-state index in [1.165, 1.54) is 14.2 Å². The average molecular weight is 243 g/mol. The summed E-state index contributed by atoms with van der Waals surface area (Å²) in [6.07, 6.45) is 0. The minimum atomic E-state index is -0.281. The van der Waals surface area contributed by atoms with Gasteiger partial charge >= 0.3 is 0 Å². The first-order valence-electron chi connectivity index (χ1n) is 5.06. The van der Waals surface area contributed by atoms with Gasteiger partial charge in [-0.15, -0.1) is 0 Å². The molecule has 1 atom stereocenters. The van der Waals surface area contributed by atoms with E-state index in [1.807, 2.05) is 0 Å². The van der Waals surface area contributed by atoms with Crippen LogP contribution in [0.5, 0.6) is 11.8 Å². The molecule has 7 heteroatoms. The van der Waals surface area contributed by atoms with Gasteiger partial charge in [0.2, 0.25) is 17.7 Å². The van der Waals surface area contributed by atoms with Crippen LogP contribution in [0.1, 0.15) is 0 Å². The van der Waals surface area contributed by atoms with E-state index in [0.29, 0.717) is 24.3 Å². The second-order valence-corrected chi connectivity index (χ2v) is 3.26. The molecule has 0 saturated heterocycles. The van der Waals surface area contributed by atoms with E-state index in [1.54, 1.807) is 13.2 Å². The van der Waals surface area contributed by atoms with Crippen LogP contribution in [0.25, 0.3) is 0 Å². The number of nitrogens with zero attached hydrogens (tertiary/aromatic N) is 2. The summed E-state index contributed by atoms with van der Waals surface area (Å²) in [5.74, 6) is 1.08. The maximum Gasteiger partial charge on any atom is 0.229 e. The Morgan fingerprint density at radius 2 is 1.82 bits per heavy atom. The molecule has 7 nitrogen and oxygen atoms in total. The van der Waals surface area contributed by atoms with E-state index in [9.17, 15) is 0 Å². The zero-order valence-corrected chi connectivity index (χ0v) is 10.1. The van der Waals surface area contributed by atoms with Crippen molar-refractivity contribution in [2.75, 3.05) is 39.9 Å². The highest BCUT2D eigenvalue weighted by molar-refractivity contribution is 5.34. The second-order valence-electron chi connectivity index (χ2n) is 3.26. The number of aliphatic hydroxyl groups is 1. The van der Waals surface area contributed by atoms with E-state index in [-0.39, 0.29) is 12.6 Å². The van der Waals surface area contributed by atoms with Crippen molar-refractivity contribution in [3.63, 3.8) is 0 Å². The fourth-order valence-electron chi connectivity index (χ4n) is 1.20. The number of nitrogens with one attached hydrogen (secondary N) is 1. The molecule has 0 bridgehead atoms. The molecule has 0 aliphatic carbocycles. The van der Waals surface area contributed by atoms with Gasteiger partial charge in [0.25, 0.3) is 0 Å². The Bertz CT molecular complexity index is 326. The third-order valence-electron chi connectivity index (χ3n) is 2.02. The maximum atomic E-state index is 9.11. The van der Waals surface area contributed by atoms with Gasteiger partial charge in [-0.2, -0.15) is 9.97 Å². The summed E-state index contributed by atoms with van der Waals surface area (Å²) >= 11 is 0. The van der Waals surface area contributed by atoms with Gasteiger partial charge in [-0.3, -0.25) is 0 Å². The van der Waals surface area contributed by atoms with Crippen LogP contribution in [-0.4, -0.2) is 55.7 Å². The van der Waals surface area contributed by atoms with Gasteiger partial charge in [0.1, 0.15) is 0 Å². The third-order valence-corrected chi connectivity index (χ3v) is 2.02. The molecule has 0 saturated carbocycles. The predicted octanol–water partition coefficient (Wildman–Crippen LogP) is -0.0870. The van der Waals surface area contributed by atoms with Crippen LogP contribution < -0.4 is 14.8 Å². The first-order chi connectivity index (χ1) is 8.23. The first kappa shape index (κ1) is 13.5. The Kier molecular flexibility index (Phi) is 5.44. The number of hydrogen-bond donors (Lipinski definition) is 2. The lowest BCUT2D eigenvalue weighted by atomic mass is 10.3. The average Bonchev–Trinajstić information content (AvgIpc) is 2.37. The lowest BCUT2D eigenvalue weighted by Gasteiger charge is -2.15. The topological polar surface area (TPSA) is 85.7 Å². The summed E-state index contributed by atoms with van der Waals surface area (Å²) in [5, 5.41) is 12.0. The molecule has 1 aromatic rings. The number of methoxy groups -OCH3 is 3. The van der Waals surface area contributed by atoms with Gasteiger partial charge < -0.3 is 24.6 Å². The van der Waals surface area contributed by atoms with E-state index < -0.39 is 0 Å². The van der Waals surface area contributed by atoms with Gasteiger partial charge in [-0.05, 0) is 0 Å². The van der Waals surface area contributed by atoms with E-state index >= 15 is 0 Å². The highest BCUT2D eigenvalue weighted by Gasteiger charge is 2.11. The smallest absolute Gasteiger partial charge is 0.229 e. The number of ether oxygens (including phenoxy) is 3. The van der Waals surface area contributed by atoms with Crippen molar-refractivity contribution in [2.24, 2.45) is 0 Å². The highest BCUT2D eigenvalue weighted by Crippen LogP contribution is 2.17. The Balaban J connectivity index is 2.81. The van der Waals surface area contributed by atoms with Crippen molar-refractivity contribution >= 4 is 5.95 Å². The van der Waals surface area contributed by atoms with Gasteiger partial charge in [-0.1, -0.05) is 0 Å². The molecular formula is C10H17N3O4. The van der Waals surface area contributed by atoms with Crippen LogP contribution in [0.15, 0.2) is 6.07 Å². The minimum absolute atomic E-state index is 0.0866. The van der Waals surface area contributed by atoms with Crippen molar-refractivity contribution in [3.8, 4) is 11.8 Å². The van der Waals surface area contributed by atoms with Crippen molar-refractivity contribution in [2.45, 2.75) is 6.04 Å². The van der Waals surface area contributed by atoms with Gasteiger partial charge in [-0.25, -0.2) is 0 Å². The molecule has 0 aromatic carbocycles. The monoisotopic (exact) mass is 243 g/mol. The molecule has 96 valence electrons. The Labute approximate surface area is 99.7 Å². The zero-order chi connectivity index (χ0) is 12.7. The van der Waals surface area contributed by atoms with Gasteiger partial charge in [0.15, 0.2) is 0 Å². The van der Waals surface area contributed by atoms with Crippen molar-refractivity contribution in [1.82, 2.24) is 9.97 Å². The largest absolute Gasteiger partial charge is 0.481 e. The Morgan fingerprint density at radius 3 is 2.24 bits per heavy atom. The standard InChI is InChI=1S/C10H17N3O4/c1-15-6-7(5-14)11-10-12-8(16-2)4-9(13-10)17-3/h4,7,14H,5-6H2,1-3H3,(H,11,12,13). The van der Waals surface area contributed by atoms with Crippen molar-refractivity contribution in [1.29, 1.82) is 0 Å². The molecule has 17 heavy (non-hydrogen) atoms. The molecule has 1 rings (SSSR count). The number of aromatic nitrogens is 2. The molecule has 1 aromatic heterocycles. The predicted molar refractivity (Wildman–Crippen MR) is 61.5 cm³/mol. The zero-order valence-electron chi connectivity index (χ0n) is 10.1. The summed E-state index contributed by atoms with van der Waals surface area (Å²) in [6, 6.07) is 1.28. The molecule has 0 aliphatic rings. The normalized spacial score (nSPS) is 12.0. The molecular weight excluding hydrogens is 226 g/mol. The van der Waals surface area contributed by atoms with Gasteiger partial charge in [0.05, 0.1) is 39.5 Å². The SMILES string of the molecule is COCC(CO)Nc1nc(OC)cc(OC)n1. The molecule has 0 fully saturated rings. The Hall–Kier alpha value is -1.60. The second kappa shape index (κ2) is 6.87. The third kappa shape index (κ3) is 4.04. The number of aliphatic hydroxyl groups excluding tert-OH is 1. The van der Waals surface area contributed by atoms with Crippen LogP contribution >= 0.6 is 0 Å². The van der Waals surface area contributed by atoms with Gasteiger partial charge in [0, 0.05) is 7.11 Å². The number of rotatable bonds is 7.